The van der Waals surface area contributed by atoms with Gasteiger partial charge in [-0.25, -0.2) is 9.59 Å². The molecular formula is C15H18O6. The average molecular weight is 294 g/mol. The molecule has 0 aromatic heterocycles. The van der Waals surface area contributed by atoms with Crippen LogP contribution >= 0.6 is 0 Å². The predicted molar refractivity (Wildman–Crippen MR) is 76.2 cm³/mol. The Balaban J connectivity index is 2.91. The van der Waals surface area contributed by atoms with E-state index in [9.17, 15) is 9.59 Å². The molecule has 114 valence electrons. The first-order valence-corrected chi connectivity index (χ1v) is 6.20. The van der Waals surface area contributed by atoms with Crippen molar-refractivity contribution in [1.29, 1.82) is 0 Å². The summed E-state index contributed by atoms with van der Waals surface area (Å²) in [6.07, 6.45) is 2.13. The van der Waals surface area contributed by atoms with Crippen molar-refractivity contribution < 1.29 is 28.5 Å². The molecule has 0 heterocycles. The van der Waals surface area contributed by atoms with Gasteiger partial charge in [0.05, 0.1) is 21.3 Å². The van der Waals surface area contributed by atoms with Gasteiger partial charge < -0.3 is 18.9 Å². The van der Waals surface area contributed by atoms with Crippen LogP contribution in [-0.2, 0) is 19.1 Å². The summed E-state index contributed by atoms with van der Waals surface area (Å²) in [7, 11) is 4.08. The third-order valence-corrected chi connectivity index (χ3v) is 2.64. The molecule has 1 rings (SSSR count). The number of rotatable bonds is 6. The lowest BCUT2D eigenvalue weighted by molar-refractivity contribution is -0.148. The van der Waals surface area contributed by atoms with Gasteiger partial charge in [0.1, 0.15) is 0 Å². The van der Waals surface area contributed by atoms with Crippen LogP contribution in [-0.4, -0.2) is 39.4 Å². The third kappa shape index (κ3) is 4.83. The molecule has 0 spiro atoms. The Hall–Kier alpha value is -2.50. The fraction of sp³-hybridized carbons (Fsp3) is 0.333. The van der Waals surface area contributed by atoms with Crippen molar-refractivity contribution in [2.45, 2.75) is 13.0 Å². The van der Waals surface area contributed by atoms with Gasteiger partial charge in [0.15, 0.2) is 17.6 Å². The van der Waals surface area contributed by atoms with Crippen molar-refractivity contribution in [3.63, 3.8) is 0 Å². The number of benzene rings is 1. The van der Waals surface area contributed by atoms with E-state index in [1.807, 2.05) is 0 Å². The number of esters is 2. The maximum Gasteiger partial charge on any atom is 0.346 e. The summed E-state index contributed by atoms with van der Waals surface area (Å²) in [4.78, 5) is 22.4. The van der Waals surface area contributed by atoms with E-state index < -0.39 is 18.0 Å². The Bertz CT molecular complexity index is 535. The highest BCUT2D eigenvalue weighted by molar-refractivity contribution is 5.87. The minimum atomic E-state index is -0.750. The molecule has 1 atom stereocenters. The zero-order chi connectivity index (χ0) is 15.8. The van der Waals surface area contributed by atoms with Crippen molar-refractivity contribution >= 4 is 18.0 Å². The van der Waals surface area contributed by atoms with E-state index in [1.54, 1.807) is 31.2 Å². The van der Waals surface area contributed by atoms with Crippen LogP contribution in [0, 0.1) is 0 Å². The van der Waals surface area contributed by atoms with Crippen molar-refractivity contribution in [2.24, 2.45) is 0 Å². The van der Waals surface area contributed by atoms with Crippen LogP contribution in [0.5, 0.6) is 11.5 Å². The summed E-state index contributed by atoms with van der Waals surface area (Å²) in [5.41, 5.74) is 0.732. The SMILES string of the molecule is COC(=O)/C=C/c1ccc(OC(C)C(=O)OC)c(OC)c1. The lowest BCUT2D eigenvalue weighted by Gasteiger charge is -2.15. The zero-order valence-electron chi connectivity index (χ0n) is 12.4. The first-order valence-electron chi connectivity index (χ1n) is 6.20. The Labute approximate surface area is 123 Å². The van der Waals surface area contributed by atoms with Gasteiger partial charge in [-0.15, -0.1) is 0 Å². The number of hydrogen-bond acceptors (Lipinski definition) is 6. The molecule has 1 unspecified atom stereocenters. The topological polar surface area (TPSA) is 71.1 Å². The molecular weight excluding hydrogens is 276 g/mol. The van der Waals surface area contributed by atoms with Crippen molar-refractivity contribution in [1.82, 2.24) is 0 Å². The first-order chi connectivity index (χ1) is 10.0. The van der Waals surface area contributed by atoms with Gasteiger partial charge in [-0.2, -0.15) is 0 Å². The van der Waals surface area contributed by atoms with Crippen molar-refractivity contribution in [3.8, 4) is 11.5 Å². The van der Waals surface area contributed by atoms with E-state index in [1.165, 1.54) is 27.4 Å². The second-order valence-electron chi connectivity index (χ2n) is 4.05. The molecule has 6 heteroatoms. The molecule has 0 amide bonds. The van der Waals surface area contributed by atoms with Crippen LogP contribution in [0.15, 0.2) is 24.3 Å². The summed E-state index contributed by atoms with van der Waals surface area (Å²) >= 11 is 0. The van der Waals surface area contributed by atoms with Crippen molar-refractivity contribution in [2.75, 3.05) is 21.3 Å². The number of hydrogen-bond donors (Lipinski definition) is 0. The smallest absolute Gasteiger partial charge is 0.346 e. The normalized spacial score (nSPS) is 11.8. The zero-order valence-corrected chi connectivity index (χ0v) is 12.4. The Morgan fingerprint density at radius 2 is 1.81 bits per heavy atom. The van der Waals surface area contributed by atoms with Crippen LogP contribution in [0.4, 0.5) is 0 Å². The van der Waals surface area contributed by atoms with Gasteiger partial charge >= 0.3 is 11.9 Å². The van der Waals surface area contributed by atoms with Crippen LogP contribution in [0.2, 0.25) is 0 Å². The van der Waals surface area contributed by atoms with E-state index >= 15 is 0 Å². The maximum absolute atomic E-state index is 11.3. The van der Waals surface area contributed by atoms with E-state index in [-0.39, 0.29) is 0 Å². The molecule has 0 aliphatic carbocycles. The highest BCUT2D eigenvalue weighted by atomic mass is 16.6. The number of carbonyl (C=O) groups excluding carboxylic acids is 2. The second kappa shape index (κ2) is 7.94. The van der Waals surface area contributed by atoms with Gasteiger partial charge in [-0.3, -0.25) is 0 Å². The minimum absolute atomic E-state index is 0.408. The fourth-order valence-corrected chi connectivity index (χ4v) is 1.52. The summed E-state index contributed by atoms with van der Waals surface area (Å²) in [5, 5.41) is 0. The van der Waals surface area contributed by atoms with Crippen LogP contribution < -0.4 is 9.47 Å². The standard InChI is InChI=1S/C15H18O6/c1-10(15(17)20-4)21-12-7-5-11(9-13(12)18-2)6-8-14(16)19-3/h5-10H,1-4H3/b8-6+. The van der Waals surface area contributed by atoms with Crippen LogP contribution in [0.3, 0.4) is 0 Å². The largest absolute Gasteiger partial charge is 0.493 e. The van der Waals surface area contributed by atoms with Crippen molar-refractivity contribution in [3.05, 3.63) is 29.8 Å². The van der Waals surface area contributed by atoms with Crippen LogP contribution in [0.1, 0.15) is 12.5 Å². The summed E-state index contributed by atoms with van der Waals surface area (Å²) < 4.78 is 19.8. The van der Waals surface area contributed by atoms with E-state index in [4.69, 9.17) is 9.47 Å². The molecule has 0 bridgehead atoms. The van der Waals surface area contributed by atoms with Crippen LogP contribution in [0.25, 0.3) is 6.08 Å². The van der Waals surface area contributed by atoms with Gasteiger partial charge in [0.2, 0.25) is 0 Å². The van der Waals surface area contributed by atoms with E-state index in [0.29, 0.717) is 11.5 Å². The molecule has 0 aliphatic rings. The predicted octanol–water partition coefficient (Wildman–Crippen LogP) is 1.82. The summed E-state index contributed by atoms with van der Waals surface area (Å²) in [5.74, 6) is -0.0799. The molecule has 0 fully saturated rings. The Morgan fingerprint density at radius 3 is 2.38 bits per heavy atom. The summed E-state index contributed by atoms with van der Waals surface area (Å²) in [6, 6.07) is 5.05. The highest BCUT2D eigenvalue weighted by Crippen LogP contribution is 2.29. The lowest BCUT2D eigenvalue weighted by atomic mass is 10.2. The molecule has 1 aromatic rings. The highest BCUT2D eigenvalue weighted by Gasteiger charge is 2.17. The van der Waals surface area contributed by atoms with Gasteiger partial charge in [-0.1, -0.05) is 6.07 Å². The molecule has 0 aliphatic heterocycles. The average Bonchev–Trinajstić information content (AvgIpc) is 2.52. The molecule has 0 N–H and O–H groups in total. The number of ether oxygens (including phenoxy) is 4. The molecule has 0 saturated carbocycles. The van der Waals surface area contributed by atoms with Gasteiger partial charge in [0.25, 0.3) is 0 Å². The molecule has 0 radical (unpaired) electrons. The molecule has 6 nitrogen and oxygen atoms in total. The Morgan fingerprint density at radius 1 is 1.10 bits per heavy atom. The number of carbonyl (C=O) groups is 2. The third-order valence-electron chi connectivity index (χ3n) is 2.64. The fourth-order valence-electron chi connectivity index (χ4n) is 1.52. The minimum Gasteiger partial charge on any atom is -0.493 e. The van der Waals surface area contributed by atoms with Gasteiger partial charge in [-0.05, 0) is 30.7 Å². The maximum atomic E-state index is 11.3. The van der Waals surface area contributed by atoms with E-state index in [0.717, 1.165) is 5.56 Å². The first kappa shape index (κ1) is 16.6. The lowest BCUT2D eigenvalue weighted by Crippen LogP contribution is -2.25. The van der Waals surface area contributed by atoms with Gasteiger partial charge in [0, 0.05) is 6.08 Å². The Kier molecular flexibility index (Phi) is 6.26. The molecule has 1 aromatic carbocycles. The molecule has 0 saturated heterocycles. The quantitative estimate of drug-likeness (QED) is 0.589. The second-order valence-corrected chi connectivity index (χ2v) is 4.05. The monoisotopic (exact) mass is 294 g/mol. The number of methoxy groups -OCH3 is 3. The summed E-state index contributed by atoms with van der Waals surface area (Å²) in [6.45, 7) is 1.58. The van der Waals surface area contributed by atoms with E-state index in [2.05, 4.69) is 9.47 Å². The molecule has 21 heavy (non-hydrogen) atoms.